The number of para-hydroxylation sites is 1. The molecule has 2 aromatic rings. The van der Waals surface area contributed by atoms with Gasteiger partial charge in [-0.25, -0.2) is 8.42 Å². The Labute approximate surface area is 148 Å². The predicted octanol–water partition coefficient (Wildman–Crippen LogP) is 3.60. The summed E-state index contributed by atoms with van der Waals surface area (Å²) in [5.41, 5.74) is 0.960. The summed E-state index contributed by atoms with van der Waals surface area (Å²) < 4.78 is 32.6. The van der Waals surface area contributed by atoms with Gasteiger partial charge >= 0.3 is 0 Å². The van der Waals surface area contributed by atoms with Crippen LogP contribution >= 0.6 is 0 Å². The summed E-state index contributed by atoms with van der Waals surface area (Å²) in [4.78, 5) is 0. The molecule has 0 bridgehead atoms. The molecule has 1 aliphatic rings. The zero-order valence-electron chi connectivity index (χ0n) is 14.2. The SMILES string of the molecule is CC1C=C(c2ccccc2)C=CC1(NS(C)(=O)=O)Oc1ccccc1. The van der Waals surface area contributed by atoms with E-state index in [9.17, 15) is 8.42 Å². The average Bonchev–Trinajstić information content (AvgIpc) is 2.58. The highest BCUT2D eigenvalue weighted by molar-refractivity contribution is 7.88. The molecule has 130 valence electrons. The number of ether oxygens (including phenoxy) is 1. The first-order valence-electron chi connectivity index (χ1n) is 8.07. The van der Waals surface area contributed by atoms with Crippen LogP contribution in [0, 0.1) is 5.92 Å². The monoisotopic (exact) mass is 355 g/mol. The van der Waals surface area contributed by atoms with Gasteiger partial charge in [-0.1, -0.05) is 67.6 Å². The third kappa shape index (κ3) is 4.18. The van der Waals surface area contributed by atoms with E-state index in [1.165, 1.54) is 0 Å². The second-order valence-electron chi connectivity index (χ2n) is 6.19. The maximum atomic E-state index is 11.9. The lowest BCUT2D eigenvalue weighted by atomic mass is 9.87. The Morgan fingerprint density at radius 2 is 1.60 bits per heavy atom. The Hall–Kier alpha value is -2.37. The van der Waals surface area contributed by atoms with E-state index in [2.05, 4.69) is 4.72 Å². The van der Waals surface area contributed by atoms with Gasteiger partial charge in [0.05, 0.1) is 6.26 Å². The van der Waals surface area contributed by atoms with Crippen molar-refractivity contribution in [1.82, 2.24) is 4.72 Å². The number of hydrogen-bond acceptors (Lipinski definition) is 3. The molecule has 0 aromatic heterocycles. The minimum absolute atomic E-state index is 0.206. The van der Waals surface area contributed by atoms with Gasteiger partial charge in [0.15, 0.2) is 5.72 Å². The summed E-state index contributed by atoms with van der Waals surface area (Å²) in [6, 6.07) is 19.2. The van der Waals surface area contributed by atoms with Crippen LogP contribution in [0.5, 0.6) is 5.75 Å². The second kappa shape index (κ2) is 6.86. The van der Waals surface area contributed by atoms with Gasteiger partial charge in [0.1, 0.15) is 5.75 Å². The molecule has 2 atom stereocenters. The van der Waals surface area contributed by atoms with E-state index in [0.717, 1.165) is 17.4 Å². The molecular formula is C20H21NO3S. The summed E-state index contributed by atoms with van der Waals surface area (Å²) >= 11 is 0. The molecule has 2 unspecified atom stereocenters. The summed E-state index contributed by atoms with van der Waals surface area (Å²) in [5, 5.41) is 0. The van der Waals surface area contributed by atoms with Crippen molar-refractivity contribution in [2.75, 3.05) is 6.26 Å². The fraction of sp³-hybridized carbons (Fsp3) is 0.200. The van der Waals surface area contributed by atoms with E-state index < -0.39 is 15.7 Å². The van der Waals surface area contributed by atoms with Gasteiger partial charge in [-0.3, -0.25) is 0 Å². The lowest BCUT2D eigenvalue weighted by molar-refractivity contribution is 0.0701. The quantitative estimate of drug-likeness (QED) is 0.834. The van der Waals surface area contributed by atoms with Gasteiger partial charge in [-0.05, 0) is 29.3 Å². The largest absolute Gasteiger partial charge is 0.468 e. The van der Waals surface area contributed by atoms with Gasteiger partial charge in [-0.2, -0.15) is 4.72 Å². The molecule has 0 saturated heterocycles. The molecular weight excluding hydrogens is 334 g/mol. The van der Waals surface area contributed by atoms with E-state index in [1.54, 1.807) is 6.08 Å². The van der Waals surface area contributed by atoms with Crippen LogP contribution in [0.3, 0.4) is 0 Å². The molecule has 3 rings (SSSR count). The maximum Gasteiger partial charge on any atom is 0.212 e. The van der Waals surface area contributed by atoms with Gasteiger partial charge in [-0.15, -0.1) is 0 Å². The van der Waals surface area contributed by atoms with Crippen molar-refractivity contribution in [3.63, 3.8) is 0 Å². The van der Waals surface area contributed by atoms with Crippen LogP contribution in [0.4, 0.5) is 0 Å². The second-order valence-corrected chi connectivity index (χ2v) is 7.94. The number of nitrogens with one attached hydrogen (secondary N) is 1. The van der Waals surface area contributed by atoms with Crippen LogP contribution < -0.4 is 9.46 Å². The number of sulfonamides is 1. The Bertz CT molecular complexity index is 889. The highest BCUT2D eigenvalue weighted by atomic mass is 32.2. The van der Waals surface area contributed by atoms with Gasteiger partial charge < -0.3 is 4.74 Å². The molecule has 0 heterocycles. The van der Waals surface area contributed by atoms with Crippen LogP contribution in [0.2, 0.25) is 0 Å². The molecule has 0 spiro atoms. The Morgan fingerprint density at radius 1 is 1.00 bits per heavy atom. The molecule has 0 saturated carbocycles. The molecule has 25 heavy (non-hydrogen) atoms. The molecule has 4 nitrogen and oxygen atoms in total. The molecule has 0 radical (unpaired) electrons. The van der Waals surface area contributed by atoms with Gasteiger partial charge in [0, 0.05) is 5.92 Å². The number of allylic oxidation sites excluding steroid dienone is 2. The highest BCUT2D eigenvalue weighted by Gasteiger charge is 2.40. The average molecular weight is 355 g/mol. The van der Waals surface area contributed by atoms with Crippen LogP contribution in [-0.4, -0.2) is 20.4 Å². The van der Waals surface area contributed by atoms with Crippen molar-refractivity contribution in [2.45, 2.75) is 12.6 Å². The third-order valence-electron chi connectivity index (χ3n) is 4.10. The summed E-state index contributed by atoms with van der Waals surface area (Å²) in [5.74, 6) is 0.398. The van der Waals surface area contributed by atoms with E-state index in [0.29, 0.717) is 5.75 Å². The van der Waals surface area contributed by atoms with Crippen molar-refractivity contribution in [3.05, 3.63) is 84.5 Å². The first kappa shape index (κ1) is 17.5. The molecule has 0 aliphatic heterocycles. The molecule has 1 aliphatic carbocycles. The normalized spacial score (nSPS) is 23.1. The van der Waals surface area contributed by atoms with Crippen LogP contribution in [0.1, 0.15) is 12.5 Å². The molecule has 0 fully saturated rings. The number of hydrogen-bond donors (Lipinski definition) is 1. The Balaban J connectivity index is 1.97. The predicted molar refractivity (Wildman–Crippen MR) is 101 cm³/mol. The van der Waals surface area contributed by atoms with Crippen molar-refractivity contribution < 1.29 is 13.2 Å². The lowest BCUT2D eigenvalue weighted by Gasteiger charge is -2.38. The zero-order chi connectivity index (χ0) is 17.9. The lowest BCUT2D eigenvalue weighted by Crippen LogP contribution is -2.56. The first-order valence-corrected chi connectivity index (χ1v) is 9.97. The molecule has 5 heteroatoms. The molecule has 1 N–H and O–H groups in total. The van der Waals surface area contributed by atoms with E-state index in [-0.39, 0.29) is 5.92 Å². The zero-order valence-corrected chi connectivity index (χ0v) is 15.0. The fourth-order valence-corrected chi connectivity index (χ4v) is 3.76. The van der Waals surface area contributed by atoms with Crippen LogP contribution in [-0.2, 0) is 10.0 Å². The van der Waals surface area contributed by atoms with E-state index in [1.807, 2.05) is 79.7 Å². The highest BCUT2D eigenvalue weighted by Crippen LogP contribution is 2.33. The standard InChI is InChI=1S/C20H21NO3S/c1-16-15-18(17-9-5-3-6-10-17)13-14-20(16,21-25(2,22)23)24-19-11-7-4-8-12-19/h3-16,21H,1-2H3. The summed E-state index contributed by atoms with van der Waals surface area (Å²) in [6.45, 7) is 1.94. The van der Waals surface area contributed by atoms with Crippen LogP contribution in [0.15, 0.2) is 78.9 Å². The Kier molecular flexibility index (Phi) is 4.79. The van der Waals surface area contributed by atoms with Crippen LogP contribution in [0.25, 0.3) is 5.57 Å². The topological polar surface area (TPSA) is 55.4 Å². The molecule has 0 amide bonds. The minimum atomic E-state index is -3.47. The summed E-state index contributed by atoms with van der Waals surface area (Å²) in [6.07, 6.45) is 6.85. The fourth-order valence-electron chi connectivity index (χ4n) is 2.89. The smallest absolute Gasteiger partial charge is 0.212 e. The van der Waals surface area contributed by atoms with Gasteiger partial charge in [0.2, 0.25) is 10.0 Å². The van der Waals surface area contributed by atoms with E-state index in [4.69, 9.17) is 4.74 Å². The van der Waals surface area contributed by atoms with Gasteiger partial charge in [0.25, 0.3) is 0 Å². The maximum absolute atomic E-state index is 11.9. The molecule has 2 aromatic carbocycles. The Morgan fingerprint density at radius 3 is 2.16 bits per heavy atom. The summed E-state index contributed by atoms with van der Waals surface area (Å²) in [7, 11) is -3.47. The first-order chi connectivity index (χ1) is 11.9. The third-order valence-corrected chi connectivity index (χ3v) is 4.79. The minimum Gasteiger partial charge on any atom is -0.468 e. The number of rotatable bonds is 5. The van der Waals surface area contributed by atoms with Crippen molar-refractivity contribution in [1.29, 1.82) is 0 Å². The van der Waals surface area contributed by atoms with E-state index >= 15 is 0 Å². The van der Waals surface area contributed by atoms with Crippen molar-refractivity contribution >= 4 is 15.6 Å². The van der Waals surface area contributed by atoms with Crippen molar-refractivity contribution in [2.24, 2.45) is 5.92 Å². The van der Waals surface area contributed by atoms with Crippen molar-refractivity contribution in [3.8, 4) is 5.75 Å². The number of benzene rings is 2.